The van der Waals surface area contributed by atoms with E-state index >= 15 is 0 Å². The number of pyridine rings is 1. The Balaban J connectivity index is 2.88. The Morgan fingerprint density at radius 3 is 3.14 bits per heavy atom. The molecule has 3 nitrogen and oxygen atoms in total. The molecule has 0 spiro atoms. The van der Waals surface area contributed by atoms with Crippen molar-refractivity contribution in [2.45, 2.75) is 11.9 Å². The van der Waals surface area contributed by atoms with Crippen LogP contribution in [0.4, 0.5) is 0 Å². The number of carbonyl (C=O) groups excluding carboxylic acids is 1. The summed E-state index contributed by atoms with van der Waals surface area (Å²) in [5.41, 5.74) is 1.35. The monoisotopic (exact) mass is 229 g/mol. The van der Waals surface area contributed by atoms with Gasteiger partial charge in [-0.25, -0.2) is 9.78 Å². The van der Waals surface area contributed by atoms with Crippen LogP contribution in [0.15, 0.2) is 23.4 Å². The van der Waals surface area contributed by atoms with E-state index in [2.05, 4.69) is 14.2 Å². The standard InChI is InChI=1S/C9H12NO2PS/c1-2-12-9(11)7-4-3-5-10-8(7)14-6-13/h3-5H,2,6,13H2,1H3. The van der Waals surface area contributed by atoms with Crippen molar-refractivity contribution in [3.8, 4) is 0 Å². The van der Waals surface area contributed by atoms with Gasteiger partial charge in [-0.3, -0.25) is 0 Å². The predicted octanol–water partition coefficient (Wildman–Crippen LogP) is 2.18. The lowest BCUT2D eigenvalue weighted by atomic mass is 10.3. The van der Waals surface area contributed by atoms with E-state index in [0.29, 0.717) is 12.2 Å². The number of thioether (sulfide) groups is 1. The zero-order valence-corrected chi connectivity index (χ0v) is 9.87. The Morgan fingerprint density at radius 2 is 2.50 bits per heavy atom. The van der Waals surface area contributed by atoms with Crippen molar-refractivity contribution in [3.63, 3.8) is 0 Å². The minimum absolute atomic E-state index is 0.304. The highest BCUT2D eigenvalue weighted by atomic mass is 32.2. The molecule has 1 heterocycles. The fourth-order valence-corrected chi connectivity index (χ4v) is 2.02. The minimum Gasteiger partial charge on any atom is -0.462 e. The predicted molar refractivity (Wildman–Crippen MR) is 60.6 cm³/mol. The maximum atomic E-state index is 11.5. The third-order valence-electron chi connectivity index (χ3n) is 1.49. The van der Waals surface area contributed by atoms with Crippen LogP contribution in [-0.2, 0) is 4.74 Å². The van der Waals surface area contributed by atoms with Gasteiger partial charge in [-0.2, -0.15) is 0 Å². The molecule has 0 saturated carbocycles. The molecule has 0 aliphatic heterocycles. The Bertz CT molecular complexity index is 319. The Labute approximate surface area is 89.8 Å². The number of aromatic nitrogens is 1. The second-order valence-electron chi connectivity index (χ2n) is 2.39. The van der Waals surface area contributed by atoms with E-state index in [9.17, 15) is 4.79 Å². The number of nitrogens with zero attached hydrogens (tertiary/aromatic N) is 1. The van der Waals surface area contributed by atoms with Gasteiger partial charge >= 0.3 is 5.97 Å². The normalized spacial score (nSPS) is 9.86. The van der Waals surface area contributed by atoms with E-state index in [-0.39, 0.29) is 5.97 Å². The van der Waals surface area contributed by atoms with Gasteiger partial charge in [0, 0.05) is 11.7 Å². The number of hydrogen-bond acceptors (Lipinski definition) is 4. The lowest BCUT2D eigenvalue weighted by Crippen LogP contribution is -2.06. The fourth-order valence-electron chi connectivity index (χ4n) is 0.949. The molecule has 1 unspecified atom stereocenters. The Kier molecular flexibility index (Phi) is 4.91. The van der Waals surface area contributed by atoms with E-state index in [1.54, 1.807) is 25.3 Å². The number of ether oxygens (including phenoxy) is 1. The van der Waals surface area contributed by atoms with Gasteiger partial charge in [0.25, 0.3) is 0 Å². The molecule has 0 aromatic carbocycles. The SMILES string of the molecule is CCOC(=O)c1cccnc1SCP. The molecule has 5 heteroatoms. The number of hydrogen-bond donors (Lipinski definition) is 0. The van der Waals surface area contributed by atoms with Crippen LogP contribution in [0, 0.1) is 0 Å². The molecule has 0 N–H and O–H groups in total. The van der Waals surface area contributed by atoms with E-state index in [4.69, 9.17) is 4.74 Å². The minimum atomic E-state index is -0.304. The summed E-state index contributed by atoms with van der Waals surface area (Å²) in [4.78, 5) is 15.6. The summed E-state index contributed by atoms with van der Waals surface area (Å²) in [7, 11) is 2.58. The van der Waals surface area contributed by atoms with E-state index in [1.165, 1.54) is 11.8 Å². The summed E-state index contributed by atoms with van der Waals surface area (Å²) < 4.78 is 4.92. The zero-order valence-electron chi connectivity index (χ0n) is 7.90. The van der Waals surface area contributed by atoms with E-state index in [0.717, 1.165) is 10.5 Å². The van der Waals surface area contributed by atoms with Gasteiger partial charge in [0.05, 0.1) is 12.2 Å². The first-order valence-electron chi connectivity index (χ1n) is 4.24. The fraction of sp³-hybridized carbons (Fsp3) is 0.333. The lowest BCUT2D eigenvalue weighted by molar-refractivity contribution is 0.0521. The first-order chi connectivity index (χ1) is 6.79. The van der Waals surface area contributed by atoms with Crippen molar-refractivity contribution in [2.75, 3.05) is 12.1 Å². The molecule has 0 bridgehead atoms. The molecule has 14 heavy (non-hydrogen) atoms. The average molecular weight is 229 g/mol. The number of rotatable bonds is 4. The summed E-state index contributed by atoms with van der Waals surface area (Å²) in [6.45, 7) is 2.18. The summed E-state index contributed by atoms with van der Waals surface area (Å²) in [6, 6.07) is 3.47. The molecule has 76 valence electrons. The van der Waals surface area contributed by atoms with Crippen molar-refractivity contribution in [1.82, 2.24) is 4.98 Å². The van der Waals surface area contributed by atoms with Crippen LogP contribution in [0.25, 0.3) is 0 Å². The molecule has 0 aliphatic carbocycles. The molecule has 1 rings (SSSR count). The Morgan fingerprint density at radius 1 is 1.71 bits per heavy atom. The van der Waals surface area contributed by atoms with Gasteiger partial charge in [0.15, 0.2) is 0 Å². The summed E-state index contributed by atoms with van der Waals surface area (Å²) >= 11 is 1.51. The first-order valence-corrected chi connectivity index (χ1v) is 6.04. The van der Waals surface area contributed by atoms with Crippen molar-refractivity contribution in [1.29, 1.82) is 0 Å². The highest BCUT2D eigenvalue weighted by Crippen LogP contribution is 2.22. The van der Waals surface area contributed by atoms with Crippen molar-refractivity contribution >= 4 is 27.0 Å². The van der Waals surface area contributed by atoms with Crippen LogP contribution in [0.5, 0.6) is 0 Å². The summed E-state index contributed by atoms with van der Waals surface area (Å²) in [5.74, 6) is -0.304. The van der Waals surface area contributed by atoms with Gasteiger partial charge in [0.2, 0.25) is 0 Å². The van der Waals surface area contributed by atoms with Crippen LogP contribution in [0.2, 0.25) is 0 Å². The zero-order chi connectivity index (χ0) is 10.4. The molecule has 1 aromatic heterocycles. The molecular formula is C9H12NO2PS. The van der Waals surface area contributed by atoms with Crippen LogP contribution in [0.1, 0.15) is 17.3 Å². The quantitative estimate of drug-likeness (QED) is 0.450. The van der Waals surface area contributed by atoms with E-state index < -0.39 is 0 Å². The van der Waals surface area contributed by atoms with Gasteiger partial charge in [-0.05, 0) is 19.1 Å². The van der Waals surface area contributed by atoms with Gasteiger partial charge in [0.1, 0.15) is 5.03 Å². The maximum Gasteiger partial charge on any atom is 0.340 e. The smallest absolute Gasteiger partial charge is 0.340 e. The van der Waals surface area contributed by atoms with Crippen LogP contribution >= 0.6 is 21.0 Å². The summed E-state index contributed by atoms with van der Waals surface area (Å²) in [6.07, 6.45) is 1.67. The average Bonchev–Trinajstić information content (AvgIpc) is 2.19. The van der Waals surface area contributed by atoms with Gasteiger partial charge in [-0.1, -0.05) is 0 Å². The molecule has 0 amide bonds. The third kappa shape index (κ3) is 2.96. The third-order valence-corrected chi connectivity index (χ3v) is 2.75. The number of carbonyl (C=O) groups is 1. The second kappa shape index (κ2) is 5.99. The van der Waals surface area contributed by atoms with Crippen molar-refractivity contribution in [2.24, 2.45) is 0 Å². The molecular weight excluding hydrogens is 217 g/mol. The highest BCUT2D eigenvalue weighted by Gasteiger charge is 2.12. The van der Waals surface area contributed by atoms with E-state index in [1.807, 2.05) is 0 Å². The van der Waals surface area contributed by atoms with Crippen LogP contribution in [0.3, 0.4) is 0 Å². The Hall–Kier alpha value is -0.600. The topological polar surface area (TPSA) is 39.2 Å². The molecule has 1 atom stereocenters. The van der Waals surface area contributed by atoms with Gasteiger partial charge in [-0.15, -0.1) is 21.0 Å². The van der Waals surface area contributed by atoms with Crippen molar-refractivity contribution < 1.29 is 9.53 Å². The molecule has 0 aliphatic rings. The molecule has 0 fully saturated rings. The first kappa shape index (κ1) is 11.5. The second-order valence-corrected chi connectivity index (χ2v) is 4.40. The number of esters is 1. The van der Waals surface area contributed by atoms with Crippen LogP contribution < -0.4 is 0 Å². The molecule has 0 radical (unpaired) electrons. The summed E-state index contributed by atoms with van der Waals surface area (Å²) in [5, 5.41) is 0.723. The molecule has 1 aromatic rings. The lowest BCUT2D eigenvalue weighted by Gasteiger charge is -2.05. The highest BCUT2D eigenvalue weighted by molar-refractivity contribution is 8.02. The van der Waals surface area contributed by atoms with Gasteiger partial charge < -0.3 is 4.74 Å². The van der Waals surface area contributed by atoms with Crippen molar-refractivity contribution in [3.05, 3.63) is 23.9 Å². The maximum absolute atomic E-state index is 11.5. The van der Waals surface area contributed by atoms with Crippen LogP contribution in [-0.4, -0.2) is 23.1 Å². The molecule has 0 saturated heterocycles. The largest absolute Gasteiger partial charge is 0.462 e.